The number of carboxylic acids is 1. The summed E-state index contributed by atoms with van der Waals surface area (Å²) in [7, 11) is 0. The van der Waals surface area contributed by atoms with Crippen LogP contribution in [0.3, 0.4) is 0 Å². The number of carbonyl (C=O) groups is 2. The fourth-order valence-electron chi connectivity index (χ4n) is 2.30. The van der Waals surface area contributed by atoms with Crippen LogP contribution in [-0.4, -0.2) is 35.7 Å². The van der Waals surface area contributed by atoms with Crippen molar-refractivity contribution in [2.24, 2.45) is 0 Å². The smallest absolute Gasteiger partial charge is 0.326 e. The molecule has 0 aromatic heterocycles. The predicted molar refractivity (Wildman–Crippen MR) is 76.4 cm³/mol. The lowest BCUT2D eigenvalue weighted by Gasteiger charge is -2.17. The molecule has 0 bridgehead atoms. The van der Waals surface area contributed by atoms with Gasteiger partial charge in [0, 0.05) is 6.61 Å². The molecule has 20 heavy (non-hydrogen) atoms. The molecule has 5 heteroatoms. The number of unbranched alkanes of at least 4 members (excludes halogenated alkanes) is 4. The molecule has 1 fully saturated rings. The number of nitrogens with one attached hydrogen (secondary N) is 1. The van der Waals surface area contributed by atoms with Gasteiger partial charge in [-0.3, -0.25) is 4.79 Å². The molecule has 1 saturated heterocycles. The molecule has 0 aromatic rings. The SMILES string of the molecule is C=CCCCCCC[C@H](NC(=O)[C@@H]1CCCO1)C(=O)O. The Morgan fingerprint density at radius 2 is 2.10 bits per heavy atom. The molecular weight excluding hydrogens is 258 g/mol. The molecule has 1 aliphatic heterocycles. The molecule has 1 amide bonds. The van der Waals surface area contributed by atoms with Crippen molar-refractivity contribution >= 4 is 11.9 Å². The number of ether oxygens (including phenoxy) is 1. The quantitative estimate of drug-likeness (QED) is 0.476. The molecule has 1 aliphatic rings. The van der Waals surface area contributed by atoms with E-state index in [1.165, 1.54) is 0 Å². The first-order chi connectivity index (χ1) is 9.65. The minimum Gasteiger partial charge on any atom is -0.480 e. The summed E-state index contributed by atoms with van der Waals surface area (Å²) in [6, 6.07) is -0.800. The second-order valence-corrected chi connectivity index (χ2v) is 5.18. The lowest BCUT2D eigenvalue weighted by Crippen LogP contribution is -2.45. The van der Waals surface area contributed by atoms with E-state index in [-0.39, 0.29) is 5.91 Å². The molecule has 2 atom stereocenters. The minimum atomic E-state index is -0.970. The first kappa shape index (κ1) is 16.7. The van der Waals surface area contributed by atoms with Crippen LogP contribution >= 0.6 is 0 Å². The van der Waals surface area contributed by atoms with E-state index in [2.05, 4.69) is 11.9 Å². The van der Waals surface area contributed by atoms with Crippen LogP contribution in [0, 0.1) is 0 Å². The first-order valence-corrected chi connectivity index (χ1v) is 7.41. The predicted octanol–water partition coefficient (Wildman–Crippen LogP) is 2.26. The van der Waals surface area contributed by atoms with Gasteiger partial charge in [0.2, 0.25) is 5.91 Å². The van der Waals surface area contributed by atoms with E-state index < -0.39 is 18.1 Å². The summed E-state index contributed by atoms with van der Waals surface area (Å²) < 4.78 is 5.25. The molecule has 0 saturated carbocycles. The second kappa shape index (κ2) is 9.53. The van der Waals surface area contributed by atoms with Crippen LogP contribution < -0.4 is 5.32 Å². The largest absolute Gasteiger partial charge is 0.480 e. The Kier molecular flexibility index (Phi) is 7.95. The van der Waals surface area contributed by atoms with E-state index >= 15 is 0 Å². The van der Waals surface area contributed by atoms with Crippen molar-refractivity contribution in [1.82, 2.24) is 5.32 Å². The van der Waals surface area contributed by atoms with Crippen LogP contribution in [-0.2, 0) is 14.3 Å². The van der Waals surface area contributed by atoms with Crippen LogP contribution in [0.25, 0.3) is 0 Å². The Hall–Kier alpha value is -1.36. The molecule has 114 valence electrons. The first-order valence-electron chi connectivity index (χ1n) is 7.41. The fraction of sp³-hybridized carbons (Fsp3) is 0.733. The summed E-state index contributed by atoms with van der Waals surface area (Å²) in [5.74, 6) is -1.26. The molecule has 5 nitrogen and oxygen atoms in total. The minimum absolute atomic E-state index is 0.290. The zero-order valence-corrected chi connectivity index (χ0v) is 12.0. The van der Waals surface area contributed by atoms with Gasteiger partial charge < -0.3 is 15.2 Å². The van der Waals surface area contributed by atoms with Gasteiger partial charge in [-0.05, 0) is 32.1 Å². The Morgan fingerprint density at radius 3 is 2.70 bits per heavy atom. The maximum atomic E-state index is 11.8. The number of rotatable bonds is 10. The molecule has 2 N–H and O–H groups in total. The number of hydrogen-bond acceptors (Lipinski definition) is 3. The van der Waals surface area contributed by atoms with Crippen molar-refractivity contribution in [3.05, 3.63) is 12.7 Å². The number of hydrogen-bond donors (Lipinski definition) is 2. The normalized spacial score (nSPS) is 19.5. The van der Waals surface area contributed by atoms with Crippen LogP contribution in [0.2, 0.25) is 0 Å². The Morgan fingerprint density at radius 1 is 1.35 bits per heavy atom. The van der Waals surface area contributed by atoms with Gasteiger partial charge in [-0.25, -0.2) is 4.79 Å². The third kappa shape index (κ3) is 6.19. The highest BCUT2D eigenvalue weighted by Gasteiger charge is 2.27. The lowest BCUT2D eigenvalue weighted by atomic mass is 10.1. The molecule has 1 heterocycles. The highest BCUT2D eigenvalue weighted by atomic mass is 16.5. The van der Waals surface area contributed by atoms with E-state index in [0.717, 1.165) is 38.5 Å². The van der Waals surface area contributed by atoms with Gasteiger partial charge >= 0.3 is 5.97 Å². The number of aliphatic carboxylic acids is 1. The summed E-state index contributed by atoms with van der Waals surface area (Å²) in [5.41, 5.74) is 0. The maximum absolute atomic E-state index is 11.8. The monoisotopic (exact) mass is 283 g/mol. The van der Waals surface area contributed by atoms with Crippen molar-refractivity contribution < 1.29 is 19.4 Å². The Balaban J connectivity index is 2.23. The molecule has 1 rings (SSSR count). The molecule has 0 aromatic carbocycles. The van der Waals surface area contributed by atoms with Crippen LogP contribution in [0.5, 0.6) is 0 Å². The summed E-state index contributed by atoms with van der Waals surface area (Å²) in [5, 5.41) is 11.7. The average Bonchev–Trinajstić information content (AvgIpc) is 2.95. The highest BCUT2D eigenvalue weighted by Crippen LogP contribution is 2.13. The van der Waals surface area contributed by atoms with Crippen molar-refractivity contribution in [3.8, 4) is 0 Å². The average molecular weight is 283 g/mol. The number of amides is 1. The van der Waals surface area contributed by atoms with Gasteiger partial charge in [0.15, 0.2) is 0 Å². The fourth-order valence-corrected chi connectivity index (χ4v) is 2.30. The highest BCUT2D eigenvalue weighted by molar-refractivity contribution is 5.86. The van der Waals surface area contributed by atoms with Gasteiger partial charge in [-0.1, -0.05) is 25.3 Å². The van der Waals surface area contributed by atoms with Gasteiger partial charge in [-0.2, -0.15) is 0 Å². The van der Waals surface area contributed by atoms with Crippen molar-refractivity contribution in [3.63, 3.8) is 0 Å². The second-order valence-electron chi connectivity index (χ2n) is 5.18. The van der Waals surface area contributed by atoms with Crippen LogP contribution in [0.15, 0.2) is 12.7 Å². The zero-order valence-electron chi connectivity index (χ0n) is 12.0. The zero-order chi connectivity index (χ0) is 14.8. The Labute approximate surface area is 120 Å². The molecule has 0 aliphatic carbocycles. The lowest BCUT2D eigenvalue weighted by molar-refractivity contribution is -0.143. The number of carbonyl (C=O) groups excluding carboxylic acids is 1. The standard InChI is InChI=1S/C15H25NO4/c1-2-3-4-5-6-7-9-12(15(18)19)16-14(17)13-10-8-11-20-13/h2,12-13H,1,3-11H2,(H,16,17)(H,18,19)/t12-,13-/m0/s1. The van der Waals surface area contributed by atoms with E-state index in [9.17, 15) is 9.59 Å². The van der Waals surface area contributed by atoms with E-state index in [1.807, 2.05) is 6.08 Å². The van der Waals surface area contributed by atoms with Crippen LogP contribution in [0.1, 0.15) is 51.4 Å². The van der Waals surface area contributed by atoms with Crippen LogP contribution in [0.4, 0.5) is 0 Å². The topological polar surface area (TPSA) is 75.6 Å². The Bertz CT molecular complexity index is 324. The van der Waals surface area contributed by atoms with Gasteiger partial charge in [0.05, 0.1) is 0 Å². The van der Waals surface area contributed by atoms with E-state index in [0.29, 0.717) is 19.4 Å². The number of carboxylic acid groups (broad SMARTS) is 1. The van der Waals surface area contributed by atoms with E-state index in [1.54, 1.807) is 0 Å². The third-order valence-corrected chi connectivity index (χ3v) is 3.49. The summed E-state index contributed by atoms with van der Waals surface area (Å²) >= 11 is 0. The van der Waals surface area contributed by atoms with Crippen molar-refractivity contribution in [2.45, 2.75) is 63.5 Å². The molecule has 0 unspecified atom stereocenters. The number of allylic oxidation sites excluding steroid dienone is 1. The summed E-state index contributed by atoms with van der Waals surface area (Å²) in [6.45, 7) is 4.25. The molecule has 0 radical (unpaired) electrons. The van der Waals surface area contributed by atoms with Crippen molar-refractivity contribution in [2.75, 3.05) is 6.61 Å². The molecular formula is C15H25NO4. The summed E-state index contributed by atoms with van der Waals surface area (Å²) in [4.78, 5) is 23.0. The van der Waals surface area contributed by atoms with Gasteiger partial charge in [0.25, 0.3) is 0 Å². The maximum Gasteiger partial charge on any atom is 0.326 e. The van der Waals surface area contributed by atoms with Crippen molar-refractivity contribution in [1.29, 1.82) is 0 Å². The van der Waals surface area contributed by atoms with Gasteiger partial charge in [-0.15, -0.1) is 6.58 Å². The van der Waals surface area contributed by atoms with Gasteiger partial charge in [0.1, 0.15) is 12.1 Å². The summed E-state index contributed by atoms with van der Waals surface area (Å²) in [6.07, 6.45) is 8.37. The van der Waals surface area contributed by atoms with E-state index in [4.69, 9.17) is 9.84 Å². The third-order valence-electron chi connectivity index (χ3n) is 3.49. The molecule has 0 spiro atoms.